The number of carbonyl (C=O) groups is 1. The molecule has 0 amide bonds. The summed E-state index contributed by atoms with van der Waals surface area (Å²) in [7, 11) is 0. The average molecular weight is 563 g/mol. The molecule has 0 spiro atoms. The van der Waals surface area contributed by atoms with Crippen molar-refractivity contribution in [3.63, 3.8) is 0 Å². The van der Waals surface area contributed by atoms with Gasteiger partial charge in [-0.15, -0.1) is 0 Å². The molecule has 0 radical (unpaired) electrons. The minimum Gasteiger partial charge on any atom is -0.378 e. The van der Waals surface area contributed by atoms with Gasteiger partial charge >= 0.3 is 0 Å². The van der Waals surface area contributed by atoms with Crippen molar-refractivity contribution < 1.29 is 9.90 Å². The molecule has 1 atom stereocenters. The molecule has 0 saturated heterocycles. The summed E-state index contributed by atoms with van der Waals surface area (Å²) < 4.78 is 2.13. The highest BCUT2D eigenvalue weighted by molar-refractivity contribution is 5.87. The molecule has 5 aromatic carbocycles. The summed E-state index contributed by atoms with van der Waals surface area (Å²) in [5.74, 6) is -0.202. The molecule has 0 aliphatic carbocycles. The van der Waals surface area contributed by atoms with Crippen LogP contribution in [0.25, 0.3) is 11.1 Å². The Balaban J connectivity index is 1.57. The maximum absolute atomic E-state index is 12.6. The number of aldehydes is 1. The van der Waals surface area contributed by atoms with Gasteiger partial charge < -0.3 is 9.67 Å². The van der Waals surface area contributed by atoms with Gasteiger partial charge in [0.15, 0.2) is 6.29 Å². The Labute approximate surface area is 253 Å². The van der Waals surface area contributed by atoms with Gasteiger partial charge in [-0.2, -0.15) is 0 Å². The molecule has 1 N–H and O–H groups in total. The van der Waals surface area contributed by atoms with Crippen LogP contribution in [-0.4, -0.2) is 20.9 Å². The van der Waals surface area contributed by atoms with Gasteiger partial charge in [0, 0.05) is 11.8 Å². The number of hydrogen-bond donors (Lipinski definition) is 1. The van der Waals surface area contributed by atoms with E-state index in [0.717, 1.165) is 39.7 Å². The fourth-order valence-electron chi connectivity index (χ4n) is 6.25. The van der Waals surface area contributed by atoms with Crippen LogP contribution in [0, 0.1) is 5.92 Å². The Morgan fingerprint density at radius 1 is 0.674 bits per heavy atom. The minimum atomic E-state index is -1.40. The minimum absolute atomic E-state index is 0.202. The van der Waals surface area contributed by atoms with Crippen LogP contribution < -0.4 is 0 Å². The van der Waals surface area contributed by atoms with Gasteiger partial charge in [0.1, 0.15) is 11.1 Å². The zero-order valence-corrected chi connectivity index (χ0v) is 24.3. The van der Waals surface area contributed by atoms with Crippen LogP contribution in [0.4, 0.5) is 0 Å². The molecule has 1 heterocycles. The molecule has 6 aromatic rings. The zero-order valence-electron chi connectivity index (χ0n) is 24.3. The lowest BCUT2D eigenvalue weighted by atomic mass is 9.76. The lowest BCUT2D eigenvalue weighted by Crippen LogP contribution is -2.37. The Morgan fingerprint density at radius 2 is 1.19 bits per heavy atom. The van der Waals surface area contributed by atoms with Crippen molar-refractivity contribution in [2.45, 2.75) is 25.0 Å². The van der Waals surface area contributed by atoms with E-state index >= 15 is 0 Å². The van der Waals surface area contributed by atoms with Crippen LogP contribution in [0.3, 0.4) is 0 Å². The van der Waals surface area contributed by atoms with E-state index in [1.54, 1.807) is 0 Å². The van der Waals surface area contributed by atoms with Crippen molar-refractivity contribution in [1.29, 1.82) is 0 Å². The van der Waals surface area contributed by atoms with E-state index in [4.69, 9.17) is 4.98 Å². The second kappa shape index (κ2) is 11.7. The van der Waals surface area contributed by atoms with Crippen LogP contribution >= 0.6 is 0 Å². The van der Waals surface area contributed by atoms with Crippen molar-refractivity contribution in [1.82, 2.24) is 9.55 Å². The summed E-state index contributed by atoms with van der Waals surface area (Å²) in [6.45, 7) is 4.01. The normalized spacial score (nSPS) is 13.0. The van der Waals surface area contributed by atoms with Gasteiger partial charge in [-0.25, -0.2) is 4.98 Å². The Hall–Kier alpha value is -5.06. The van der Waals surface area contributed by atoms with Crippen LogP contribution in [0.15, 0.2) is 152 Å². The highest BCUT2D eigenvalue weighted by Crippen LogP contribution is 2.43. The molecule has 0 aliphatic heterocycles. The van der Waals surface area contributed by atoms with Gasteiger partial charge in [0.25, 0.3) is 0 Å². The molecule has 1 aromatic heterocycles. The third kappa shape index (κ3) is 4.80. The first-order chi connectivity index (χ1) is 21.0. The summed E-state index contributed by atoms with van der Waals surface area (Å²) in [5, 5.41) is 12.6. The topological polar surface area (TPSA) is 55.1 Å². The van der Waals surface area contributed by atoms with Gasteiger partial charge in [-0.3, -0.25) is 4.79 Å². The molecule has 1 unspecified atom stereocenters. The highest BCUT2D eigenvalue weighted by atomic mass is 16.3. The predicted octanol–water partition coefficient (Wildman–Crippen LogP) is 8.09. The number of aliphatic hydroxyl groups is 1. The molecule has 4 heteroatoms. The third-order valence-corrected chi connectivity index (χ3v) is 8.47. The van der Waals surface area contributed by atoms with Gasteiger partial charge in [-0.1, -0.05) is 147 Å². The first kappa shape index (κ1) is 28.1. The molecule has 212 valence electrons. The molecule has 4 nitrogen and oxygen atoms in total. The molecule has 0 aliphatic rings. The first-order valence-corrected chi connectivity index (χ1v) is 14.6. The first-order valence-electron chi connectivity index (χ1n) is 14.6. The largest absolute Gasteiger partial charge is 0.378 e. The molecular weight excluding hydrogens is 528 g/mol. The number of benzene rings is 5. The number of nitrogens with zero attached hydrogens (tertiary/aromatic N) is 2. The Bertz CT molecular complexity index is 1730. The quantitative estimate of drug-likeness (QED) is 0.143. The highest BCUT2D eigenvalue weighted by Gasteiger charge is 2.42. The van der Waals surface area contributed by atoms with Gasteiger partial charge in [0.05, 0.1) is 12.0 Å². The average Bonchev–Trinajstić information content (AvgIpc) is 3.57. The fraction of sp³-hybridized carbons (Fsp3) is 0.128. The summed E-state index contributed by atoms with van der Waals surface area (Å²) >= 11 is 0. The standard InChI is InChI=1S/C39H34N2O2/c1-29(2)39(43,35-23-14-16-30(25-35)36-24-13-12-15-31(36)27-42)37-26-41(28-40-37)38(32-17-6-3-7-18-32,33-19-8-4-9-20-33)34-21-10-5-11-22-34/h3-29,43H,1-2H3. The van der Waals surface area contributed by atoms with Crippen LogP contribution in [0.1, 0.15) is 52.2 Å². The SMILES string of the molecule is CC(C)C(O)(c1cccc(-c2ccccc2C=O)c1)c1cn(C(c2ccccc2)(c2ccccc2)c2ccccc2)cn1. The number of carbonyl (C=O) groups excluding carboxylic acids is 1. The smallest absolute Gasteiger partial charge is 0.150 e. The fourth-order valence-corrected chi connectivity index (χ4v) is 6.25. The second-order valence-corrected chi connectivity index (χ2v) is 11.2. The summed E-state index contributed by atoms with van der Waals surface area (Å²) in [6.07, 6.45) is 4.69. The van der Waals surface area contributed by atoms with E-state index in [0.29, 0.717) is 11.3 Å². The Morgan fingerprint density at radius 3 is 1.72 bits per heavy atom. The molecule has 0 fully saturated rings. The van der Waals surface area contributed by atoms with Crippen molar-refractivity contribution in [2.24, 2.45) is 5.92 Å². The second-order valence-electron chi connectivity index (χ2n) is 11.2. The van der Waals surface area contributed by atoms with E-state index in [-0.39, 0.29) is 5.92 Å². The maximum atomic E-state index is 12.6. The number of imidazole rings is 1. The number of hydrogen-bond acceptors (Lipinski definition) is 3. The van der Waals surface area contributed by atoms with Crippen molar-refractivity contribution >= 4 is 6.29 Å². The van der Waals surface area contributed by atoms with E-state index in [1.807, 2.05) is 93.1 Å². The van der Waals surface area contributed by atoms with E-state index in [1.165, 1.54) is 0 Å². The summed E-state index contributed by atoms with van der Waals surface area (Å²) in [5.41, 5.74) is 4.68. The lowest BCUT2D eigenvalue weighted by Gasteiger charge is -2.37. The van der Waals surface area contributed by atoms with E-state index < -0.39 is 11.1 Å². The van der Waals surface area contributed by atoms with E-state index in [9.17, 15) is 9.90 Å². The van der Waals surface area contributed by atoms with Crippen molar-refractivity contribution in [2.75, 3.05) is 0 Å². The molecule has 0 saturated carbocycles. The maximum Gasteiger partial charge on any atom is 0.150 e. The van der Waals surface area contributed by atoms with Crippen molar-refractivity contribution in [3.05, 3.63) is 186 Å². The zero-order chi connectivity index (χ0) is 29.9. The van der Waals surface area contributed by atoms with Crippen LogP contribution in [0.5, 0.6) is 0 Å². The molecule has 0 bridgehead atoms. The lowest BCUT2D eigenvalue weighted by molar-refractivity contribution is 0.0278. The Kier molecular flexibility index (Phi) is 7.62. The summed E-state index contributed by atoms with van der Waals surface area (Å²) in [6, 6.07) is 46.6. The van der Waals surface area contributed by atoms with Crippen molar-refractivity contribution in [3.8, 4) is 11.1 Å². The number of aromatic nitrogens is 2. The van der Waals surface area contributed by atoms with E-state index in [2.05, 4.69) is 77.4 Å². The summed E-state index contributed by atoms with van der Waals surface area (Å²) in [4.78, 5) is 16.7. The monoisotopic (exact) mass is 562 g/mol. The molecule has 43 heavy (non-hydrogen) atoms. The third-order valence-electron chi connectivity index (χ3n) is 8.47. The van der Waals surface area contributed by atoms with Gasteiger partial charge in [-0.05, 0) is 45.4 Å². The van der Waals surface area contributed by atoms with Gasteiger partial charge in [0.2, 0.25) is 0 Å². The van der Waals surface area contributed by atoms with Crippen LogP contribution in [0.2, 0.25) is 0 Å². The molecule has 6 rings (SSSR count). The number of rotatable bonds is 9. The molecular formula is C39H34N2O2. The van der Waals surface area contributed by atoms with Crippen LogP contribution in [-0.2, 0) is 11.1 Å². The predicted molar refractivity (Wildman–Crippen MR) is 172 cm³/mol.